The topological polar surface area (TPSA) is 29.3 Å². The fourth-order valence-electron chi connectivity index (χ4n) is 1.71. The van der Waals surface area contributed by atoms with Crippen LogP contribution in [0, 0.1) is 13.8 Å². The molecule has 3 heteroatoms. The molecule has 0 aromatic heterocycles. The molecule has 0 spiro atoms. The number of hydrogen-bond donors (Lipinski definition) is 1. The van der Waals surface area contributed by atoms with Crippen LogP contribution in [0.1, 0.15) is 23.6 Å². The highest BCUT2D eigenvalue weighted by atomic mass is 32.1. The third kappa shape index (κ3) is 3.91. The van der Waals surface area contributed by atoms with E-state index in [2.05, 4.69) is 43.9 Å². The number of benzene rings is 1. The first-order valence-electron chi connectivity index (χ1n) is 5.59. The predicted octanol–water partition coefficient (Wildman–Crippen LogP) is 2.41. The van der Waals surface area contributed by atoms with Gasteiger partial charge in [-0.1, -0.05) is 42.9 Å². The normalized spacial score (nSPS) is 10.8. The van der Waals surface area contributed by atoms with Gasteiger partial charge in [0.25, 0.3) is 0 Å². The first-order valence-corrected chi connectivity index (χ1v) is 6.00. The van der Waals surface area contributed by atoms with Crippen molar-refractivity contribution in [3.8, 4) is 0 Å². The maximum absolute atomic E-state index is 5.58. The molecule has 0 aliphatic carbocycles. The number of nitrogens with zero attached hydrogens (tertiary/aromatic N) is 1. The van der Waals surface area contributed by atoms with Crippen LogP contribution in [0.3, 0.4) is 0 Å². The molecule has 88 valence electrons. The number of likely N-dealkylation sites (N-methyl/N-ethyl adjacent to an activating group) is 1. The first-order chi connectivity index (χ1) is 7.52. The van der Waals surface area contributed by atoms with Gasteiger partial charge < -0.3 is 5.73 Å². The zero-order valence-corrected chi connectivity index (χ0v) is 11.1. The molecule has 0 aliphatic heterocycles. The Hall–Kier alpha value is -0.930. The Bertz CT molecular complexity index is 374. The van der Waals surface area contributed by atoms with Crippen LogP contribution in [0.4, 0.5) is 0 Å². The van der Waals surface area contributed by atoms with Gasteiger partial charge in [-0.25, -0.2) is 0 Å². The summed E-state index contributed by atoms with van der Waals surface area (Å²) in [6.45, 7) is 8.96. The highest BCUT2D eigenvalue weighted by Gasteiger charge is 2.07. The van der Waals surface area contributed by atoms with Gasteiger partial charge in [-0.15, -0.1) is 0 Å². The van der Waals surface area contributed by atoms with Crippen molar-refractivity contribution < 1.29 is 0 Å². The lowest BCUT2D eigenvalue weighted by Gasteiger charge is -2.21. The smallest absolute Gasteiger partial charge is 0.0870 e. The van der Waals surface area contributed by atoms with Crippen molar-refractivity contribution >= 4 is 17.2 Å². The van der Waals surface area contributed by atoms with Gasteiger partial charge in [0.15, 0.2) is 0 Å². The summed E-state index contributed by atoms with van der Waals surface area (Å²) >= 11 is 4.95. The fraction of sp³-hybridized carbons (Fsp3) is 0.462. The Morgan fingerprint density at radius 3 is 2.62 bits per heavy atom. The summed E-state index contributed by atoms with van der Waals surface area (Å²) in [5.74, 6) is 0. The van der Waals surface area contributed by atoms with Crippen LogP contribution in [-0.4, -0.2) is 23.0 Å². The molecule has 1 aromatic rings. The number of aryl methyl sites for hydroxylation is 2. The number of nitrogens with two attached hydrogens (primary N) is 1. The molecule has 0 heterocycles. The minimum Gasteiger partial charge on any atom is -0.392 e. The van der Waals surface area contributed by atoms with Crippen molar-refractivity contribution in [3.05, 3.63) is 34.9 Å². The standard InChI is InChI=1S/C13H20N2S/c1-4-15(9-13(14)16)8-12-7-10(2)5-6-11(12)3/h5-7H,4,8-9H2,1-3H3,(H2,14,16). The molecule has 0 radical (unpaired) electrons. The van der Waals surface area contributed by atoms with Crippen molar-refractivity contribution in [2.75, 3.05) is 13.1 Å². The molecule has 2 N–H and O–H groups in total. The minimum absolute atomic E-state index is 0.562. The second-order valence-electron chi connectivity index (χ2n) is 4.20. The zero-order chi connectivity index (χ0) is 12.1. The minimum atomic E-state index is 0.562. The maximum Gasteiger partial charge on any atom is 0.0870 e. The molecule has 2 nitrogen and oxygen atoms in total. The summed E-state index contributed by atoms with van der Waals surface area (Å²) in [5, 5.41) is 0. The Morgan fingerprint density at radius 1 is 1.38 bits per heavy atom. The lowest BCUT2D eigenvalue weighted by Crippen LogP contribution is -2.32. The van der Waals surface area contributed by atoms with Gasteiger partial charge in [0.2, 0.25) is 0 Å². The SMILES string of the molecule is CCN(CC(N)=S)Cc1cc(C)ccc1C. The van der Waals surface area contributed by atoms with E-state index in [9.17, 15) is 0 Å². The van der Waals surface area contributed by atoms with E-state index < -0.39 is 0 Å². The Labute approximate surface area is 103 Å². The van der Waals surface area contributed by atoms with Crippen LogP contribution in [0.2, 0.25) is 0 Å². The van der Waals surface area contributed by atoms with Crippen molar-refractivity contribution in [2.24, 2.45) is 5.73 Å². The summed E-state index contributed by atoms with van der Waals surface area (Å²) in [5.41, 5.74) is 9.56. The van der Waals surface area contributed by atoms with E-state index in [1.165, 1.54) is 16.7 Å². The molecule has 16 heavy (non-hydrogen) atoms. The molecule has 0 fully saturated rings. The van der Waals surface area contributed by atoms with Gasteiger partial charge in [-0.3, -0.25) is 4.90 Å². The van der Waals surface area contributed by atoms with Gasteiger partial charge in [0, 0.05) is 13.1 Å². The van der Waals surface area contributed by atoms with Crippen LogP contribution in [0.25, 0.3) is 0 Å². The highest BCUT2D eigenvalue weighted by molar-refractivity contribution is 7.80. The maximum atomic E-state index is 5.58. The van der Waals surface area contributed by atoms with E-state index >= 15 is 0 Å². The number of thiocarbonyl (C=S) groups is 1. The molecule has 0 amide bonds. The van der Waals surface area contributed by atoms with Crippen LogP contribution in [-0.2, 0) is 6.54 Å². The third-order valence-electron chi connectivity index (χ3n) is 2.73. The fourth-order valence-corrected chi connectivity index (χ4v) is 1.89. The molecule has 1 aromatic carbocycles. The average Bonchev–Trinajstić information content (AvgIpc) is 2.21. The predicted molar refractivity (Wildman–Crippen MR) is 73.7 cm³/mol. The Kier molecular flexibility index (Phi) is 4.90. The van der Waals surface area contributed by atoms with Crippen molar-refractivity contribution in [3.63, 3.8) is 0 Å². The molecule has 1 rings (SSSR count). The summed E-state index contributed by atoms with van der Waals surface area (Å²) in [7, 11) is 0. The van der Waals surface area contributed by atoms with Gasteiger partial charge in [0.05, 0.1) is 4.99 Å². The quantitative estimate of drug-likeness (QED) is 0.796. The summed E-state index contributed by atoms with van der Waals surface area (Å²) in [6, 6.07) is 6.54. The lowest BCUT2D eigenvalue weighted by atomic mass is 10.1. The monoisotopic (exact) mass is 236 g/mol. The van der Waals surface area contributed by atoms with Gasteiger partial charge >= 0.3 is 0 Å². The van der Waals surface area contributed by atoms with Gasteiger partial charge in [0.1, 0.15) is 0 Å². The third-order valence-corrected chi connectivity index (χ3v) is 2.85. The molecule has 0 unspecified atom stereocenters. The van der Waals surface area contributed by atoms with E-state index in [0.717, 1.165) is 13.1 Å². The van der Waals surface area contributed by atoms with Crippen LogP contribution in [0.5, 0.6) is 0 Å². The van der Waals surface area contributed by atoms with E-state index in [1.807, 2.05) is 0 Å². The first kappa shape index (κ1) is 13.1. The molecule has 0 aliphatic rings. The lowest BCUT2D eigenvalue weighted by molar-refractivity contribution is 0.320. The summed E-state index contributed by atoms with van der Waals surface area (Å²) in [6.07, 6.45) is 0. The highest BCUT2D eigenvalue weighted by Crippen LogP contribution is 2.13. The van der Waals surface area contributed by atoms with E-state index in [-0.39, 0.29) is 0 Å². The van der Waals surface area contributed by atoms with Crippen LogP contribution in [0.15, 0.2) is 18.2 Å². The summed E-state index contributed by atoms with van der Waals surface area (Å²) in [4.78, 5) is 2.82. The number of rotatable bonds is 5. The molecular formula is C13H20N2S. The molecule has 0 saturated carbocycles. The number of hydrogen-bond acceptors (Lipinski definition) is 2. The van der Waals surface area contributed by atoms with Crippen LogP contribution < -0.4 is 5.73 Å². The average molecular weight is 236 g/mol. The molecule has 0 saturated heterocycles. The Morgan fingerprint density at radius 2 is 2.06 bits per heavy atom. The van der Waals surface area contributed by atoms with Gasteiger partial charge in [-0.05, 0) is 31.5 Å². The largest absolute Gasteiger partial charge is 0.392 e. The van der Waals surface area contributed by atoms with E-state index in [0.29, 0.717) is 11.5 Å². The van der Waals surface area contributed by atoms with Crippen molar-refractivity contribution in [2.45, 2.75) is 27.3 Å². The second-order valence-corrected chi connectivity index (χ2v) is 4.72. The zero-order valence-electron chi connectivity index (χ0n) is 10.3. The van der Waals surface area contributed by atoms with Crippen molar-refractivity contribution in [1.82, 2.24) is 4.90 Å². The molecule has 0 atom stereocenters. The summed E-state index contributed by atoms with van der Waals surface area (Å²) < 4.78 is 0. The molecular weight excluding hydrogens is 216 g/mol. The Balaban J connectivity index is 2.77. The molecule has 0 bridgehead atoms. The van der Waals surface area contributed by atoms with E-state index in [4.69, 9.17) is 18.0 Å². The van der Waals surface area contributed by atoms with Gasteiger partial charge in [-0.2, -0.15) is 0 Å². The van der Waals surface area contributed by atoms with Crippen LogP contribution >= 0.6 is 12.2 Å². The second kappa shape index (κ2) is 5.97. The van der Waals surface area contributed by atoms with Crippen molar-refractivity contribution in [1.29, 1.82) is 0 Å². The van der Waals surface area contributed by atoms with E-state index in [1.54, 1.807) is 0 Å².